The Hall–Kier alpha value is -2.73. The quantitative estimate of drug-likeness (QED) is 0.562. The van der Waals surface area contributed by atoms with E-state index in [9.17, 15) is 13.2 Å². The topological polar surface area (TPSA) is 104 Å². The standard InChI is InChI=1S/C23H31N5O5S/c1-17-23(29)26(2)20-8-9-21(25-22(20)28(17)10-5-13-32-3)24-18-6-4-7-19(16-18)34(30,31)27-11-14-33-15-12-27/h4,6-9,16-17H,5,10-15H2,1-3H3,(H,24,25)/t17-/m0/s1. The summed E-state index contributed by atoms with van der Waals surface area (Å²) in [7, 11) is -0.203. The number of fused-ring (bicyclic) bond motifs is 1. The predicted molar refractivity (Wildman–Crippen MR) is 130 cm³/mol. The molecule has 1 saturated heterocycles. The number of hydrogen-bond acceptors (Lipinski definition) is 8. The fraction of sp³-hybridized carbons (Fsp3) is 0.478. The average Bonchev–Trinajstić information content (AvgIpc) is 2.85. The van der Waals surface area contributed by atoms with Crippen LogP contribution in [0.3, 0.4) is 0 Å². The predicted octanol–water partition coefficient (Wildman–Crippen LogP) is 2.05. The number of anilines is 4. The molecule has 1 aromatic carbocycles. The highest BCUT2D eigenvalue weighted by Crippen LogP contribution is 2.35. The normalized spacial score (nSPS) is 19.3. The van der Waals surface area contributed by atoms with Gasteiger partial charge in [0.05, 0.1) is 23.8 Å². The van der Waals surface area contributed by atoms with Crippen molar-refractivity contribution in [2.75, 3.05) is 68.7 Å². The number of morpholine rings is 1. The van der Waals surface area contributed by atoms with E-state index in [4.69, 9.17) is 14.5 Å². The number of amides is 1. The zero-order valence-electron chi connectivity index (χ0n) is 19.7. The Bertz CT molecular complexity index is 1140. The summed E-state index contributed by atoms with van der Waals surface area (Å²) in [5.41, 5.74) is 1.34. The van der Waals surface area contributed by atoms with E-state index >= 15 is 0 Å². The van der Waals surface area contributed by atoms with Crippen LogP contribution in [-0.4, -0.2) is 83.3 Å². The number of aromatic nitrogens is 1. The molecular weight excluding hydrogens is 458 g/mol. The maximum absolute atomic E-state index is 13.0. The monoisotopic (exact) mass is 489 g/mol. The van der Waals surface area contributed by atoms with Crippen molar-refractivity contribution in [2.45, 2.75) is 24.3 Å². The van der Waals surface area contributed by atoms with Crippen LogP contribution in [-0.2, 0) is 24.3 Å². The van der Waals surface area contributed by atoms with Crippen molar-refractivity contribution in [2.24, 2.45) is 0 Å². The summed E-state index contributed by atoms with van der Waals surface area (Å²) in [5, 5.41) is 3.22. The highest BCUT2D eigenvalue weighted by molar-refractivity contribution is 7.89. The van der Waals surface area contributed by atoms with Gasteiger partial charge in [0.1, 0.15) is 11.9 Å². The second kappa shape index (κ2) is 10.3. The minimum Gasteiger partial charge on any atom is -0.385 e. The molecule has 0 aliphatic carbocycles. The zero-order valence-corrected chi connectivity index (χ0v) is 20.5. The molecule has 3 heterocycles. The van der Waals surface area contributed by atoms with Gasteiger partial charge in [-0.2, -0.15) is 4.31 Å². The minimum atomic E-state index is -3.60. The van der Waals surface area contributed by atoms with Crippen molar-refractivity contribution in [3.63, 3.8) is 0 Å². The number of benzene rings is 1. The lowest BCUT2D eigenvalue weighted by atomic mass is 10.1. The number of carbonyl (C=O) groups excluding carboxylic acids is 1. The molecule has 0 radical (unpaired) electrons. The van der Waals surface area contributed by atoms with Crippen LogP contribution in [0.5, 0.6) is 0 Å². The number of carbonyl (C=O) groups is 1. The number of hydrogen-bond donors (Lipinski definition) is 1. The zero-order chi connectivity index (χ0) is 24.3. The van der Waals surface area contributed by atoms with Crippen molar-refractivity contribution < 1.29 is 22.7 Å². The molecule has 0 saturated carbocycles. The van der Waals surface area contributed by atoms with E-state index in [-0.39, 0.29) is 16.8 Å². The summed E-state index contributed by atoms with van der Waals surface area (Å²) in [5.74, 6) is 1.27. The highest BCUT2D eigenvalue weighted by atomic mass is 32.2. The van der Waals surface area contributed by atoms with E-state index < -0.39 is 10.0 Å². The number of rotatable bonds is 8. The Labute approximate surface area is 200 Å². The van der Waals surface area contributed by atoms with Gasteiger partial charge in [-0.1, -0.05) is 6.07 Å². The van der Waals surface area contributed by atoms with Gasteiger partial charge in [-0.3, -0.25) is 4.79 Å². The summed E-state index contributed by atoms with van der Waals surface area (Å²) in [6.07, 6.45) is 0.762. The molecule has 34 heavy (non-hydrogen) atoms. The van der Waals surface area contributed by atoms with Crippen LogP contribution in [0.2, 0.25) is 0 Å². The first-order chi connectivity index (χ1) is 16.3. The summed E-state index contributed by atoms with van der Waals surface area (Å²) < 4.78 is 38.0. The smallest absolute Gasteiger partial charge is 0.249 e. The van der Waals surface area contributed by atoms with Crippen LogP contribution in [0.1, 0.15) is 13.3 Å². The van der Waals surface area contributed by atoms with Crippen LogP contribution in [0.25, 0.3) is 0 Å². The van der Waals surface area contributed by atoms with Crippen molar-refractivity contribution >= 4 is 38.9 Å². The first-order valence-corrected chi connectivity index (χ1v) is 12.8. The second-order valence-corrected chi connectivity index (χ2v) is 10.3. The molecule has 0 unspecified atom stereocenters. The molecule has 1 atom stereocenters. The van der Waals surface area contributed by atoms with Gasteiger partial charge in [-0.25, -0.2) is 13.4 Å². The van der Waals surface area contributed by atoms with Gasteiger partial charge >= 0.3 is 0 Å². The molecule has 4 rings (SSSR count). The third-order valence-corrected chi connectivity index (χ3v) is 8.00. The van der Waals surface area contributed by atoms with Gasteiger partial charge in [0.25, 0.3) is 0 Å². The van der Waals surface area contributed by atoms with E-state index in [0.29, 0.717) is 56.8 Å². The van der Waals surface area contributed by atoms with E-state index in [1.165, 1.54) is 4.31 Å². The van der Waals surface area contributed by atoms with Crippen LogP contribution in [0.4, 0.5) is 23.0 Å². The lowest BCUT2D eigenvalue weighted by Gasteiger charge is -2.39. The van der Waals surface area contributed by atoms with Crippen molar-refractivity contribution in [3.8, 4) is 0 Å². The van der Waals surface area contributed by atoms with E-state index in [1.54, 1.807) is 49.4 Å². The number of methoxy groups -OCH3 is 1. The number of likely N-dealkylation sites (N-methyl/N-ethyl adjacent to an activating group) is 1. The Kier molecular flexibility index (Phi) is 7.36. The van der Waals surface area contributed by atoms with Crippen LogP contribution in [0.15, 0.2) is 41.3 Å². The van der Waals surface area contributed by atoms with E-state index in [2.05, 4.69) is 5.32 Å². The Morgan fingerprint density at radius 3 is 2.71 bits per heavy atom. The van der Waals surface area contributed by atoms with Gasteiger partial charge in [0.2, 0.25) is 15.9 Å². The number of ether oxygens (including phenoxy) is 2. The molecule has 184 valence electrons. The average molecular weight is 490 g/mol. The highest BCUT2D eigenvalue weighted by Gasteiger charge is 2.34. The summed E-state index contributed by atoms with van der Waals surface area (Å²) in [4.78, 5) is 21.3. The number of pyridine rings is 1. The maximum Gasteiger partial charge on any atom is 0.249 e. The molecule has 2 aliphatic heterocycles. The maximum atomic E-state index is 13.0. The molecule has 11 heteroatoms. The Morgan fingerprint density at radius 1 is 1.21 bits per heavy atom. The molecule has 2 aromatic rings. The molecule has 0 bridgehead atoms. The number of sulfonamides is 1. The summed E-state index contributed by atoms with van der Waals surface area (Å²) >= 11 is 0. The van der Waals surface area contributed by atoms with Crippen LogP contribution >= 0.6 is 0 Å². The summed E-state index contributed by atoms with van der Waals surface area (Å²) in [6, 6.07) is 10.0. The Morgan fingerprint density at radius 2 is 1.97 bits per heavy atom. The summed E-state index contributed by atoms with van der Waals surface area (Å²) in [6.45, 7) is 4.57. The molecule has 1 fully saturated rings. The molecule has 1 amide bonds. The lowest BCUT2D eigenvalue weighted by molar-refractivity contribution is -0.119. The van der Waals surface area contributed by atoms with Crippen molar-refractivity contribution in [3.05, 3.63) is 36.4 Å². The van der Waals surface area contributed by atoms with Gasteiger partial charge < -0.3 is 24.6 Å². The van der Waals surface area contributed by atoms with Crippen LogP contribution < -0.4 is 15.1 Å². The van der Waals surface area contributed by atoms with E-state index in [0.717, 1.165) is 12.1 Å². The van der Waals surface area contributed by atoms with Gasteiger partial charge in [0.15, 0.2) is 5.82 Å². The van der Waals surface area contributed by atoms with Gasteiger partial charge in [-0.15, -0.1) is 0 Å². The molecule has 0 spiro atoms. The van der Waals surface area contributed by atoms with Crippen molar-refractivity contribution in [1.29, 1.82) is 0 Å². The first kappa shape index (κ1) is 24.4. The number of nitrogens with one attached hydrogen (secondary N) is 1. The van der Waals surface area contributed by atoms with Crippen LogP contribution in [0, 0.1) is 0 Å². The fourth-order valence-electron chi connectivity index (χ4n) is 4.20. The second-order valence-electron chi connectivity index (χ2n) is 8.32. The van der Waals surface area contributed by atoms with Gasteiger partial charge in [-0.05, 0) is 43.7 Å². The Balaban J connectivity index is 1.60. The fourth-order valence-corrected chi connectivity index (χ4v) is 5.65. The first-order valence-electron chi connectivity index (χ1n) is 11.3. The molecule has 10 nitrogen and oxygen atoms in total. The third-order valence-electron chi connectivity index (χ3n) is 6.11. The van der Waals surface area contributed by atoms with Crippen molar-refractivity contribution in [1.82, 2.24) is 9.29 Å². The molecule has 1 aromatic heterocycles. The third kappa shape index (κ3) is 4.88. The largest absolute Gasteiger partial charge is 0.385 e. The molecule has 2 aliphatic rings. The minimum absolute atomic E-state index is 0.00782. The number of nitrogens with zero attached hydrogens (tertiary/aromatic N) is 4. The SMILES string of the molecule is COCCCN1c2nc(Nc3cccc(S(=O)(=O)N4CCOCC4)c3)ccc2N(C)C(=O)[C@@H]1C. The lowest BCUT2D eigenvalue weighted by Crippen LogP contribution is -2.51. The van der Waals surface area contributed by atoms with E-state index in [1.807, 2.05) is 17.9 Å². The molecular formula is C23H31N5O5S. The molecule has 1 N–H and O–H groups in total. The van der Waals surface area contributed by atoms with Gasteiger partial charge in [0, 0.05) is 46.1 Å².